The third-order valence-electron chi connectivity index (χ3n) is 15.3. The molecule has 1 saturated heterocycles. The van der Waals surface area contributed by atoms with Crippen molar-refractivity contribution in [2.45, 2.75) is 156 Å². The highest BCUT2D eigenvalue weighted by Gasteiger charge is 2.69. The smallest absolute Gasteiger partial charge is 0.186 e. The number of ether oxygens (including phenoxy) is 2. The van der Waals surface area contributed by atoms with Crippen molar-refractivity contribution in [2.75, 3.05) is 6.61 Å². The summed E-state index contributed by atoms with van der Waals surface area (Å²) in [5.41, 5.74) is 1.28. The van der Waals surface area contributed by atoms with Crippen molar-refractivity contribution in [1.29, 1.82) is 0 Å². The van der Waals surface area contributed by atoms with Crippen LogP contribution < -0.4 is 0 Å². The minimum absolute atomic E-state index is 0.0289. The molecule has 0 aromatic rings. The SMILES string of the molecule is C[C@@H]1O[C@@H](O[C@@H]2CC(C)(C)C[C@H]3C4=CCC5[C@@]6(C)CC[C@H](O)[C@](C)(CO)C6CC[C@@]5(C)[C@]4(C)CC[C@@]23C)[C@H](O)[C@H](O)[C@H]1O. The molecule has 0 spiro atoms. The lowest BCUT2D eigenvalue weighted by molar-refractivity contribution is -0.323. The largest absolute Gasteiger partial charge is 0.396 e. The van der Waals surface area contributed by atoms with Crippen LogP contribution in [0.25, 0.3) is 0 Å². The average Bonchev–Trinajstić information content (AvgIpc) is 2.94. The van der Waals surface area contributed by atoms with E-state index in [0.29, 0.717) is 17.8 Å². The predicted octanol–water partition coefficient (Wildman–Crippen LogP) is 4.96. The average molecular weight is 605 g/mol. The van der Waals surface area contributed by atoms with Gasteiger partial charge in [-0.05, 0) is 104 Å². The maximum Gasteiger partial charge on any atom is 0.186 e. The molecule has 7 heteroatoms. The fourth-order valence-corrected chi connectivity index (χ4v) is 12.2. The Bertz CT molecular complexity index is 1120. The molecule has 0 aromatic heterocycles. The van der Waals surface area contributed by atoms with Gasteiger partial charge in [0, 0.05) is 10.8 Å². The highest BCUT2D eigenvalue weighted by molar-refractivity contribution is 5.34. The first kappa shape index (κ1) is 32.4. The monoisotopic (exact) mass is 604 g/mol. The number of aliphatic hydroxyl groups excluding tert-OH is 5. The topological polar surface area (TPSA) is 120 Å². The van der Waals surface area contributed by atoms with Crippen molar-refractivity contribution in [1.82, 2.24) is 0 Å². The number of allylic oxidation sites excluding steroid dienone is 2. The molecular weight excluding hydrogens is 544 g/mol. The van der Waals surface area contributed by atoms with Gasteiger partial charge in [-0.25, -0.2) is 0 Å². The third-order valence-corrected chi connectivity index (χ3v) is 15.3. The predicted molar refractivity (Wildman–Crippen MR) is 165 cm³/mol. The molecule has 4 saturated carbocycles. The van der Waals surface area contributed by atoms with E-state index in [1.54, 1.807) is 12.5 Å². The van der Waals surface area contributed by atoms with E-state index in [9.17, 15) is 25.5 Å². The van der Waals surface area contributed by atoms with Gasteiger partial charge in [0.25, 0.3) is 0 Å². The first-order chi connectivity index (χ1) is 19.9. The molecule has 0 bridgehead atoms. The summed E-state index contributed by atoms with van der Waals surface area (Å²) in [6, 6.07) is 0. The van der Waals surface area contributed by atoms with Gasteiger partial charge >= 0.3 is 0 Å². The zero-order chi connectivity index (χ0) is 31.5. The molecule has 2 unspecified atom stereocenters. The van der Waals surface area contributed by atoms with Gasteiger partial charge in [0.05, 0.1) is 24.9 Å². The van der Waals surface area contributed by atoms with Crippen molar-refractivity contribution in [3.8, 4) is 0 Å². The van der Waals surface area contributed by atoms with Crippen LogP contribution in [0.4, 0.5) is 0 Å². The molecule has 5 N–H and O–H groups in total. The third kappa shape index (κ3) is 4.38. The Morgan fingerprint density at radius 2 is 1.51 bits per heavy atom. The van der Waals surface area contributed by atoms with Gasteiger partial charge in [-0.2, -0.15) is 0 Å². The van der Waals surface area contributed by atoms with Gasteiger partial charge in [-0.15, -0.1) is 0 Å². The first-order valence-corrected chi connectivity index (χ1v) is 17.2. The minimum Gasteiger partial charge on any atom is -0.396 e. The van der Waals surface area contributed by atoms with Crippen LogP contribution >= 0.6 is 0 Å². The summed E-state index contributed by atoms with van der Waals surface area (Å²) >= 11 is 0. The van der Waals surface area contributed by atoms with Crippen LogP contribution in [0.2, 0.25) is 0 Å². The van der Waals surface area contributed by atoms with Crippen molar-refractivity contribution >= 4 is 0 Å². The van der Waals surface area contributed by atoms with Gasteiger partial charge < -0.3 is 35.0 Å². The van der Waals surface area contributed by atoms with E-state index in [1.165, 1.54) is 0 Å². The Hall–Kier alpha value is -0.540. The van der Waals surface area contributed by atoms with Crippen molar-refractivity contribution in [3.63, 3.8) is 0 Å². The summed E-state index contributed by atoms with van der Waals surface area (Å²) in [5, 5.41) is 53.2. The Morgan fingerprint density at radius 3 is 2.19 bits per heavy atom. The van der Waals surface area contributed by atoms with E-state index in [1.807, 2.05) is 0 Å². The molecule has 0 radical (unpaired) electrons. The normalized spacial score (nSPS) is 57.9. The van der Waals surface area contributed by atoms with Crippen LogP contribution in [0.5, 0.6) is 0 Å². The molecule has 0 aromatic carbocycles. The second kappa shape index (κ2) is 10.2. The maximum absolute atomic E-state index is 11.1. The fraction of sp³-hybridized carbons (Fsp3) is 0.944. The molecule has 1 aliphatic heterocycles. The summed E-state index contributed by atoms with van der Waals surface area (Å²) in [4.78, 5) is 0. The van der Waals surface area contributed by atoms with Crippen molar-refractivity contribution in [3.05, 3.63) is 11.6 Å². The molecule has 5 aliphatic carbocycles. The molecular formula is C36H60O7. The van der Waals surface area contributed by atoms with Crippen LogP contribution in [0, 0.1) is 50.2 Å². The highest BCUT2D eigenvalue weighted by Crippen LogP contribution is 2.75. The number of hydrogen-bond donors (Lipinski definition) is 5. The number of aliphatic hydroxyl groups is 5. The molecule has 6 aliphatic rings. The summed E-state index contributed by atoms with van der Waals surface area (Å²) in [6.07, 6.45) is 5.69. The lowest BCUT2D eigenvalue weighted by Gasteiger charge is -2.72. The summed E-state index contributed by atoms with van der Waals surface area (Å²) in [7, 11) is 0. The fourth-order valence-electron chi connectivity index (χ4n) is 12.2. The highest BCUT2D eigenvalue weighted by atomic mass is 16.7. The summed E-state index contributed by atoms with van der Waals surface area (Å²) in [5.74, 6) is 1.15. The second-order valence-electron chi connectivity index (χ2n) is 17.9. The molecule has 1 heterocycles. The van der Waals surface area contributed by atoms with E-state index >= 15 is 0 Å². The molecule has 5 fully saturated rings. The molecule has 0 amide bonds. The van der Waals surface area contributed by atoms with E-state index < -0.39 is 42.2 Å². The number of rotatable bonds is 3. The molecule has 246 valence electrons. The van der Waals surface area contributed by atoms with Crippen LogP contribution in [-0.2, 0) is 9.47 Å². The zero-order valence-corrected chi connectivity index (χ0v) is 28.0. The van der Waals surface area contributed by atoms with Gasteiger partial charge in [0.2, 0.25) is 0 Å². The Labute approximate surface area is 259 Å². The number of hydrogen-bond acceptors (Lipinski definition) is 7. The molecule has 43 heavy (non-hydrogen) atoms. The van der Waals surface area contributed by atoms with E-state index in [-0.39, 0.29) is 39.8 Å². The van der Waals surface area contributed by atoms with Gasteiger partial charge in [-0.1, -0.05) is 60.1 Å². The molecule has 6 rings (SSSR count). The maximum atomic E-state index is 11.1. The van der Waals surface area contributed by atoms with Crippen LogP contribution in [-0.4, -0.2) is 75.1 Å². The van der Waals surface area contributed by atoms with Crippen LogP contribution in [0.15, 0.2) is 11.6 Å². The lowest BCUT2D eigenvalue weighted by Crippen LogP contribution is -2.66. The Balaban J connectivity index is 1.34. The van der Waals surface area contributed by atoms with Crippen LogP contribution in [0.3, 0.4) is 0 Å². The summed E-state index contributed by atoms with van der Waals surface area (Å²) in [6.45, 7) is 18.5. The minimum atomic E-state index is -1.30. The summed E-state index contributed by atoms with van der Waals surface area (Å²) < 4.78 is 12.7. The Kier molecular flexibility index (Phi) is 7.71. The van der Waals surface area contributed by atoms with Crippen molar-refractivity contribution in [2.24, 2.45) is 50.2 Å². The van der Waals surface area contributed by atoms with E-state index in [2.05, 4.69) is 54.5 Å². The lowest BCUT2D eigenvalue weighted by atomic mass is 9.33. The first-order valence-electron chi connectivity index (χ1n) is 17.2. The van der Waals surface area contributed by atoms with E-state index in [0.717, 1.165) is 57.8 Å². The number of fused-ring (bicyclic) bond motifs is 7. The zero-order valence-electron chi connectivity index (χ0n) is 28.0. The van der Waals surface area contributed by atoms with Gasteiger partial charge in [-0.3, -0.25) is 0 Å². The quantitative estimate of drug-likeness (QED) is 0.289. The molecule has 7 nitrogen and oxygen atoms in total. The van der Waals surface area contributed by atoms with Gasteiger partial charge in [0.15, 0.2) is 6.29 Å². The Morgan fingerprint density at radius 1 is 0.814 bits per heavy atom. The van der Waals surface area contributed by atoms with Crippen LogP contribution in [0.1, 0.15) is 113 Å². The second-order valence-corrected chi connectivity index (χ2v) is 17.9. The molecule has 15 atom stereocenters. The van der Waals surface area contributed by atoms with Gasteiger partial charge in [0.1, 0.15) is 18.3 Å². The van der Waals surface area contributed by atoms with E-state index in [4.69, 9.17) is 9.47 Å². The van der Waals surface area contributed by atoms with Crippen molar-refractivity contribution < 1.29 is 35.0 Å². The standard InChI is InChI=1S/C36H60O7/c1-20-27(39)28(40)29(41)30(42-20)43-26-18-31(2,3)17-22-21-9-10-24-33(5)13-12-25(38)34(6,19-37)23(33)11-14-36(24,8)35(21,7)16-15-32(22,26)4/h9,20,22-30,37-41H,10-19H2,1-8H3/t20-,22-,23?,24?,25-,26+,27-,28+,29+,30-,32+,33-,34+,35+,36+/m0/s1.